The fourth-order valence-electron chi connectivity index (χ4n) is 8.61. The monoisotopic (exact) mass is 1160 g/mol. The molecule has 462 valence electrons. The van der Waals surface area contributed by atoms with Gasteiger partial charge in [-0.25, -0.2) is 9.13 Å². The minimum absolute atomic E-state index is 0.102. The molecule has 0 aliphatic heterocycles. The molecular formula is C59H114O17P2. The zero-order chi connectivity index (χ0) is 58.0. The SMILES string of the molecule is CCCCCCCCCCCCC(=O)OC[C@H](COP(=O)(O)OC[C@@H](O)COP(=O)(O)OC[C@@H](COC(=O)CCCCCCCCCCC)OC(=O)CCCCCCCCC(C)C)OC(=O)CCCCCCCCC(C)CC. The molecule has 0 heterocycles. The molecule has 6 atom stereocenters. The van der Waals surface area contributed by atoms with Crippen molar-refractivity contribution in [3.63, 3.8) is 0 Å². The van der Waals surface area contributed by atoms with Crippen LogP contribution in [0.3, 0.4) is 0 Å². The van der Waals surface area contributed by atoms with Crippen LogP contribution in [0.5, 0.6) is 0 Å². The van der Waals surface area contributed by atoms with Gasteiger partial charge in [0.05, 0.1) is 26.4 Å². The van der Waals surface area contributed by atoms with Crippen LogP contribution in [0.15, 0.2) is 0 Å². The predicted octanol–water partition coefficient (Wildman–Crippen LogP) is 15.7. The van der Waals surface area contributed by atoms with Crippen molar-refractivity contribution in [2.75, 3.05) is 39.6 Å². The molecule has 0 aromatic heterocycles. The molecule has 0 fully saturated rings. The zero-order valence-corrected chi connectivity index (χ0v) is 51.7. The summed E-state index contributed by atoms with van der Waals surface area (Å²) in [4.78, 5) is 71.9. The van der Waals surface area contributed by atoms with Gasteiger partial charge in [-0.15, -0.1) is 0 Å². The van der Waals surface area contributed by atoms with E-state index in [9.17, 15) is 43.2 Å². The van der Waals surface area contributed by atoms with E-state index in [1.807, 2.05) is 0 Å². The van der Waals surface area contributed by atoms with Crippen LogP contribution in [-0.4, -0.2) is 96.7 Å². The second kappa shape index (κ2) is 51.9. The third-order valence-corrected chi connectivity index (χ3v) is 15.7. The second-order valence-electron chi connectivity index (χ2n) is 22.1. The third-order valence-electron chi connectivity index (χ3n) is 13.8. The summed E-state index contributed by atoms with van der Waals surface area (Å²) in [5, 5.41) is 10.5. The Hall–Kier alpha value is -1.94. The topological polar surface area (TPSA) is 237 Å². The number of aliphatic hydroxyl groups is 1. The van der Waals surface area contributed by atoms with Crippen LogP contribution in [0, 0.1) is 11.8 Å². The average molecular weight is 1160 g/mol. The highest BCUT2D eigenvalue weighted by Gasteiger charge is 2.30. The highest BCUT2D eigenvalue weighted by Crippen LogP contribution is 2.45. The Kier molecular flexibility index (Phi) is 50.6. The summed E-state index contributed by atoms with van der Waals surface area (Å²) in [5.41, 5.74) is 0. The van der Waals surface area contributed by atoms with E-state index in [1.165, 1.54) is 103 Å². The maximum Gasteiger partial charge on any atom is 0.472 e. The molecule has 19 heteroatoms. The number of ether oxygens (including phenoxy) is 4. The maximum absolute atomic E-state index is 12.9. The van der Waals surface area contributed by atoms with Crippen molar-refractivity contribution >= 4 is 39.5 Å². The van der Waals surface area contributed by atoms with E-state index in [0.29, 0.717) is 31.6 Å². The van der Waals surface area contributed by atoms with Gasteiger partial charge in [-0.05, 0) is 37.5 Å². The van der Waals surface area contributed by atoms with E-state index < -0.39 is 97.5 Å². The Balaban J connectivity index is 5.24. The van der Waals surface area contributed by atoms with Gasteiger partial charge in [-0.1, -0.05) is 234 Å². The van der Waals surface area contributed by atoms with Gasteiger partial charge in [-0.3, -0.25) is 37.3 Å². The van der Waals surface area contributed by atoms with Crippen molar-refractivity contribution < 1.29 is 80.2 Å². The molecule has 0 bridgehead atoms. The lowest BCUT2D eigenvalue weighted by Crippen LogP contribution is -2.30. The highest BCUT2D eigenvalue weighted by atomic mass is 31.2. The van der Waals surface area contributed by atoms with E-state index in [2.05, 4.69) is 41.5 Å². The van der Waals surface area contributed by atoms with Crippen molar-refractivity contribution in [1.82, 2.24) is 0 Å². The molecule has 0 amide bonds. The lowest BCUT2D eigenvalue weighted by Gasteiger charge is -2.21. The van der Waals surface area contributed by atoms with Gasteiger partial charge in [-0.2, -0.15) is 0 Å². The molecule has 0 aromatic rings. The molecule has 0 aromatic carbocycles. The van der Waals surface area contributed by atoms with Crippen LogP contribution in [-0.2, 0) is 65.4 Å². The van der Waals surface area contributed by atoms with E-state index in [0.717, 1.165) is 95.8 Å². The largest absolute Gasteiger partial charge is 0.472 e. The fraction of sp³-hybridized carbons (Fsp3) is 0.932. The Bertz CT molecular complexity index is 1550. The minimum atomic E-state index is -4.94. The Morgan fingerprint density at radius 3 is 0.974 bits per heavy atom. The van der Waals surface area contributed by atoms with E-state index in [4.69, 9.17) is 37.0 Å². The molecule has 0 saturated heterocycles. The van der Waals surface area contributed by atoms with E-state index in [-0.39, 0.29) is 25.7 Å². The van der Waals surface area contributed by atoms with Gasteiger partial charge in [0.15, 0.2) is 12.2 Å². The standard InChI is InChI=1S/C59H114O17P2/c1-7-10-12-14-16-18-20-22-30-36-42-57(62)70-48-55(76-59(64)44-38-32-26-24-28-34-40-52(6)9-3)50-74-78(67,68)72-46-53(60)45-71-77(65,66)73-49-54(75-58(63)43-37-31-25-23-27-33-39-51(4)5)47-69-56(61)41-35-29-21-19-17-15-13-11-8-2/h51-55,60H,7-50H2,1-6H3,(H,65,66)(H,67,68)/t52?,53-,54+,55+/m0/s1. The molecule has 0 radical (unpaired) electrons. The first kappa shape index (κ1) is 76.1. The third kappa shape index (κ3) is 52.2. The fourth-order valence-corrected chi connectivity index (χ4v) is 10.2. The van der Waals surface area contributed by atoms with Crippen LogP contribution in [0.25, 0.3) is 0 Å². The molecule has 0 aliphatic rings. The lowest BCUT2D eigenvalue weighted by molar-refractivity contribution is -0.161. The number of carbonyl (C=O) groups is 4. The van der Waals surface area contributed by atoms with Crippen LogP contribution >= 0.6 is 15.6 Å². The normalized spacial score (nSPS) is 14.8. The molecule has 3 N–H and O–H groups in total. The van der Waals surface area contributed by atoms with E-state index in [1.54, 1.807) is 0 Å². The number of aliphatic hydroxyl groups excluding tert-OH is 1. The predicted molar refractivity (Wildman–Crippen MR) is 308 cm³/mol. The molecule has 17 nitrogen and oxygen atoms in total. The Labute approximate surface area is 473 Å². The summed E-state index contributed by atoms with van der Waals surface area (Å²) in [7, 11) is -9.87. The number of phosphoric ester groups is 2. The number of carbonyl (C=O) groups excluding carboxylic acids is 4. The number of esters is 4. The smallest absolute Gasteiger partial charge is 0.462 e. The molecule has 3 unspecified atom stereocenters. The summed E-state index contributed by atoms with van der Waals surface area (Å²) in [5.74, 6) is -0.759. The van der Waals surface area contributed by atoms with Crippen molar-refractivity contribution in [3.8, 4) is 0 Å². The highest BCUT2D eigenvalue weighted by molar-refractivity contribution is 7.47. The molecule has 0 spiro atoms. The van der Waals surface area contributed by atoms with Gasteiger partial charge in [0, 0.05) is 25.7 Å². The van der Waals surface area contributed by atoms with Crippen LogP contribution in [0.2, 0.25) is 0 Å². The van der Waals surface area contributed by atoms with E-state index >= 15 is 0 Å². The van der Waals surface area contributed by atoms with Crippen molar-refractivity contribution in [1.29, 1.82) is 0 Å². The maximum atomic E-state index is 12.9. The molecule has 0 rings (SSSR count). The molecule has 0 aliphatic carbocycles. The summed E-state index contributed by atoms with van der Waals surface area (Å²) in [6, 6.07) is 0. The summed E-state index contributed by atoms with van der Waals surface area (Å²) in [6.07, 6.45) is 32.3. The average Bonchev–Trinajstić information content (AvgIpc) is 3.40. The molecule has 0 saturated carbocycles. The lowest BCUT2D eigenvalue weighted by atomic mass is 10.00. The summed E-state index contributed by atoms with van der Waals surface area (Å²) in [6.45, 7) is 9.29. The summed E-state index contributed by atoms with van der Waals surface area (Å²) >= 11 is 0. The second-order valence-corrected chi connectivity index (χ2v) is 25.0. The number of rotatable bonds is 58. The van der Waals surface area contributed by atoms with Crippen molar-refractivity contribution in [2.24, 2.45) is 11.8 Å². The Morgan fingerprint density at radius 2 is 0.654 bits per heavy atom. The summed E-state index contributed by atoms with van der Waals surface area (Å²) < 4.78 is 67.7. The van der Waals surface area contributed by atoms with Gasteiger partial charge in [0.2, 0.25) is 0 Å². The number of phosphoric acid groups is 2. The first-order chi connectivity index (χ1) is 37.4. The zero-order valence-electron chi connectivity index (χ0n) is 50.0. The number of hydrogen-bond acceptors (Lipinski definition) is 15. The van der Waals surface area contributed by atoms with Crippen LogP contribution in [0.4, 0.5) is 0 Å². The Morgan fingerprint density at radius 1 is 0.372 bits per heavy atom. The van der Waals surface area contributed by atoms with Crippen molar-refractivity contribution in [2.45, 2.75) is 304 Å². The van der Waals surface area contributed by atoms with Crippen LogP contribution < -0.4 is 0 Å². The first-order valence-corrected chi connectivity index (χ1v) is 34.0. The molecule has 78 heavy (non-hydrogen) atoms. The van der Waals surface area contributed by atoms with Crippen LogP contribution in [0.1, 0.15) is 286 Å². The minimum Gasteiger partial charge on any atom is -0.462 e. The first-order valence-electron chi connectivity index (χ1n) is 31.0. The number of hydrogen-bond donors (Lipinski definition) is 3. The van der Waals surface area contributed by atoms with Gasteiger partial charge >= 0.3 is 39.5 Å². The number of unbranched alkanes of at least 4 members (excludes halogenated alkanes) is 27. The van der Waals surface area contributed by atoms with Gasteiger partial charge in [0.1, 0.15) is 19.3 Å². The molecular weight excluding hydrogens is 1040 g/mol. The van der Waals surface area contributed by atoms with Crippen molar-refractivity contribution in [3.05, 3.63) is 0 Å². The van der Waals surface area contributed by atoms with Gasteiger partial charge in [0.25, 0.3) is 0 Å². The quantitative estimate of drug-likeness (QED) is 0.0222. The van der Waals surface area contributed by atoms with Gasteiger partial charge < -0.3 is 33.8 Å².